The van der Waals surface area contributed by atoms with E-state index >= 15 is 0 Å². The Morgan fingerprint density at radius 1 is 1.15 bits per heavy atom. The normalized spacial score (nSPS) is 15.8. The zero-order chi connectivity index (χ0) is 20.1. The molecule has 0 aromatic heterocycles. The largest absolute Gasteiger partial charge is 0.454 e. The fourth-order valence-corrected chi connectivity index (χ4v) is 2.49. The molecule has 27 heavy (non-hydrogen) atoms. The Balaban J connectivity index is 1.85. The van der Waals surface area contributed by atoms with Gasteiger partial charge in [0.05, 0.1) is 0 Å². The number of nitrogens with two attached hydrogens (primary N) is 1. The molecule has 0 fully saturated rings. The van der Waals surface area contributed by atoms with Crippen LogP contribution < -0.4 is 15.2 Å². The summed E-state index contributed by atoms with van der Waals surface area (Å²) in [6, 6.07) is 4.78. The molecule has 2 rings (SSSR count). The van der Waals surface area contributed by atoms with Gasteiger partial charge in [0.15, 0.2) is 11.5 Å². The first-order valence-corrected chi connectivity index (χ1v) is 8.97. The van der Waals surface area contributed by atoms with Crippen molar-refractivity contribution in [2.75, 3.05) is 13.8 Å². The smallest absolute Gasteiger partial charge is 0.412 e. The van der Waals surface area contributed by atoms with Crippen LogP contribution in [0.5, 0.6) is 11.5 Å². The third kappa shape index (κ3) is 5.50. The molecule has 3 atom stereocenters. The van der Waals surface area contributed by atoms with E-state index in [0.29, 0.717) is 12.2 Å². The highest BCUT2D eigenvalue weighted by Gasteiger charge is 2.25. The molecule has 8 heteroatoms. The van der Waals surface area contributed by atoms with Gasteiger partial charge in [-0.15, -0.1) is 0 Å². The number of esters is 1. The topological polar surface area (TPSA) is 100 Å². The van der Waals surface area contributed by atoms with Gasteiger partial charge in [0.25, 0.3) is 0 Å². The second-order valence-corrected chi connectivity index (χ2v) is 7.01. The Labute approximate surface area is 159 Å². The van der Waals surface area contributed by atoms with Crippen molar-refractivity contribution >= 4 is 12.1 Å². The van der Waals surface area contributed by atoms with E-state index < -0.39 is 24.4 Å². The summed E-state index contributed by atoms with van der Waals surface area (Å²) in [4.78, 5) is 25.6. The number of nitrogens with zero attached hydrogens (tertiary/aromatic N) is 1. The molecule has 1 aromatic rings. The summed E-state index contributed by atoms with van der Waals surface area (Å²) in [5.74, 6) is 0.757. The van der Waals surface area contributed by atoms with Gasteiger partial charge in [0, 0.05) is 20.0 Å². The molecule has 0 bridgehead atoms. The zero-order valence-electron chi connectivity index (χ0n) is 16.4. The lowest BCUT2D eigenvalue weighted by molar-refractivity contribution is -0.168. The number of amides is 1. The molecule has 8 nitrogen and oxygen atoms in total. The second kappa shape index (κ2) is 8.94. The average Bonchev–Trinajstić information content (AvgIpc) is 3.07. The van der Waals surface area contributed by atoms with Gasteiger partial charge in [-0.1, -0.05) is 19.9 Å². The Hall–Kier alpha value is -2.48. The van der Waals surface area contributed by atoms with Gasteiger partial charge in [-0.05, 0) is 37.0 Å². The van der Waals surface area contributed by atoms with Gasteiger partial charge in [0.1, 0.15) is 6.04 Å². The predicted molar refractivity (Wildman–Crippen MR) is 98.3 cm³/mol. The van der Waals surface area contributed by atoms with E-state index in [4.69, 9.17) is 24.7 Å². The number of carbonyl (C=O) groups excluding carboxylic acids is 2. The van der Waals surface area contributed by atoms with Crippen molar-refractivity contribution in [1.29, 1.82) is 0 Å². The highest BCUT2D eigenvalue weighted by atomic mass is 16.7. The van der Waals surface area contributed by atoms with E-state index in [2.05, 4.69) is 0 Å². The van der Waals surface area contributed by atoms with Gasteiger partial charge in [-0.2, -0.15) is 0 Å². The monoisotopic (exact) mass is 380 g/mol. The number of hydrogen-bond donors (Lipinski definition) is 1. The summed E-state index contributed by atoms with van der Waals surface area (Å²) in [5, 5.41) is 0. The average molecular weight is 380 g/mol. The van der Waals surface area contributed by atoms with Crippen LogP contribution in [0, 0.1) is 5.92 Å². The third-order valence-corrected chi connectivity index (χ3v) is 4.46. The lowest BCUT2D eigenvalue weighted by atomic mass is 10.1. The van der Waals surface area contributed by atoms with Crippen molar-refractivity contribution in [3.8, 4) is 11.5 Å². The molecule has 0 saturated heterocycles. The molecule has 1 heterocycles. The molecule has 1 amide bonds. The molecule has 150 valence electrons. The number of hydrogen-bond acceptors (Lipinski definition) is 7. The summed E-state index contributed by atoms with van der Waals surface area (Å²) >= 11 is 0. The summed E-state index contributed by atoms with van der Waals surface area (Å²) in [5.41, 5.74) is 6.74. The maximum absolute atomic E-state index is 12.3. The van der Waals surface area contributed by atoms with Crippen LogP contribution in [0.3, 0.4) is 0 Å². The molecular weight excluding hydrogens is 352 g/mol. The quantitative estimate of drug-likeness (QED) is 0.572. The number of ether oxygens (including phenoxy) is 4. The molecule has 3 unspecified atom stereocenters. The van der Waals surface area contributed by atoms with Crippen LogP contribution in [0.1, 0.15) is 33.3 Å². The Morgan fingerprint density at radius 3 is 2.48 bits per heavy atom. The highest BCUT2D eigenvalue weighted by molar-refractivity contribution is 5.76. The Kier molecular flexibility index (Phi) is 6.90. The van der Waals surface area contributed by atoms with Crippen LogP contribution in [0.2, 0.25) is 0 Å². The number of carbonyl (C=O) groups is 2. The molecule has 2 N–H and O–H groups in total. The Bertz CT molecular complexity index is 678. The Morgan fingerprint density at radius 2 is 1.81 bits per heavy atom. The minimum atomic E-state index is -1.02. The summed E-state index contributed by atoms with van der Waals surface area (Å²) in [6.45, 7) is 7.23. The van der Waals surface area contributed by atoms with E-state index in [1.54, 1.807) is 7.05 Å². The molecule has 1 aliphatic rings. The maximum Gasteiger partial charge on any atom is 0.412 e. The van der Waals surface area contributed by atoms with Crippen LogP contribution in [0.15, 0.2) is 18.2 Å². The van der Waals surface area contributed by atoms with Gasteiger partial charge >= 0.3 is 12.1 Å². The van der Waals surface area contributed by atoms with Crippen molar-refractivity contribution in [3.63, 3.8) is 0 Å². The van der Waals surface area contributed by atoms with Crippen LogP contribution in [0.4, 0.5) is 4.79 Å². The van der Waals surface area contributed by atoms with E-state index in [9.17, 15) is 9.59 Å². The second-order valence-electron chi connectivity index (χ2n) is 7.01. The van der Waals surface area contributed by atoms with Crippen molar-refractivity contribution < 1.29 is 28.5 Å². The fourth-order valence-electron chi connectivity index (χ4n) is 2.49. The highest BCUT2D eigenvalue weighted by Crippen LogP contribution is 2.32. The van der Waals surface area contributed by atoms with Gasteiger partial charge in [-0.25, -0.2) is 4.79 Å². The van der Waals surface area contributed by atoms with Crippen LogP contribution in [0.25, 0.3) is 0 Å². The standard InChI is InChI=1S/C19H28N2O6/c1-11(2)17(20)18(22)26-13(4)27-19(23)21(5)12(3)8-14-6-7-15-16(9-14)25-10-24-15/h6-7,9,11-13,17H,8,10,20H2,1-5H3. The van der Waals surface area contributed by atoms with Crippen molar-refractivity contribution in [2.45, 2.75) is 52.5 Å². The number of fused-ring (bicyclic) bond motifs is 1. The lowest BCUT2D eigenvalue weighted by Gasteiger charge is -2.26. The SMILES string of the molecule is CC(OC(=O)C(N)C(C)C)OC(=O)N(C)C(C)Cc1ccc2c(c1)OCO2. The minimum absolute atomic E-state index is 0.0650. The van der Waals surface area contributed by atoms with Crippen LogP contribution in [-0.2, 0) is 20.7 Å². The van der Waals surface area contributed by atoms with E-state index in [0.717, 1.165) is 11.3 Å². The number of benzene rings is 1. The zero-order valence-corrected chi connectivity index (χ0v) is 16.4. The van der Waals surface area contributed by atoms with Gasteiger partial charge in [0.2, 0.25) is 13.1 Å². The summed E-state index contributed by atoms with van der Waals surface area (Å²) in [7, 11) is 1.63. The molecule has 1 aliphatic heterocycles. The molecular formula is C19H28N2O6. The minimum Gasteiger partial charge on any atom is -0.454 e. The maximum atomic E-state index is 12.3. The first-order chi connectivity index (χ1) is 12.7. The number of likely N-dealkylation sites (N-methyl/N-ethyl adjacent to an activating group) is 1. The van der Waals surface area contributed by atoms with Crippen molar-refractivity contribution in [1.82, 2.24) is 4.90 Å². The molecule has 1 aromatic carbocycles. The predicted octanol–water partition coefficient (Wildman–Crippen LogP) is 2.29. The first kappa shape index (κ1) is 20.8. The lowest BCUT2D eigenvalue weighted by Crippen LogP contribution is -2.42. The van der Waals surface area contributed by atoms with Gasteiger partial charge < -0.3 is 29.6 Å². The third-order valence-electron chi connectivity index (χ3n) is 4.46. The number of rotatable bonds is 7. The molecule has 0 aliphatic carbocycles. The summed E-state index contributed by atoms with van der Waals surface area (Å²) < 4.78 is 20.9. The molecule has 0 radical (unpaired) electrons. The fraction of sp³-hybridized carbons (Fsp3) is 0.579. The van der Waals surface area contributed by atoms with E-state index in [1.807, 2.05) is 39.0 Å². The van der Waals surface area contributed by atoms with Crippen LogP contribution >= 0.6 is 0 Å². The van der Waals surface area contributed by atoms with E-state index in [-0.39, 0.29) is 18.8 Å². The van der Waals surface area contributed by atoms with Crippen molar-refractivity contribution in [2.24, 2.45) is 11.7 Å². The van der Waals surface area contributed by atoms with Gasteiger partial charge in [-0.3, -0.25) is 4.79 Å². The summed E-state index contributed by atoms with van der Waals surface area (Å²) in [6.07, 6.45) is -0.995. The first-order valence-electron chi connectivity index (χ1n) is 8.97. The van der Waals surface area contributed by atoms with Crippen LogP contribution in [-0.4, -0.2) is 49.2 Å². The van der Waals surface area contributed by atoms with Crippen molar-refractivity contribution in [3.05, 3.63) is 23.8 Å². The molecule has 0 spiro atoms. The van der Waals surface area contributed by atoms with E-state index in [1.165, 1.54) is 11.8 Å². The molecule has 0 saturated carbocycles.